The predicted molar refractivity (Wildman–Crippen MR) is 142 cm³/mol. The van der Waals surface area contributed by atoms with Crippen molar-refractivity contribution in [2.75, 3.05) is 13.1 Å². The summed E-state index contributed by atoms with van der Waals surface area (Å²) in [6.45, 7) is 8.39. The molecule has 1 aliphatic heterocycles. The average Bonchev–Trinajstić information content (AvgIpc) is 3.23. The van der Waals surface area contributed by atoms with E-state index in [1.165, 1.54) is 4.68 Å². The molecule has 0 unspecified atom stereocenters. The first kappa shape index (κ1) is 24.7. The Morgan fingerprint density at radius 3 is 2.41 bits per heavy atom. The van der Waals surface area contributed by atoms with Gasteiger partial charge in [-0.2, -0.15) is 5.10 Å². The lowest BCUT2D eigenvalue weighted by Crippen LogP contribution is -2.40. The SMILES string of the molecule is CCn1c(C2CCN(C(=O)c3cn(CC)c4nc(C)ccc4c3=O)CC2)nn(Cc2ccccc2)c1=O. The zero-order valence-corrected chi connectivity index (χ0v) is 21.6. The van der Waals surface area contributed by atoms with Gasteiger partial charge in [-0.1, -0.05) is 30.3 Å². The monoisotopic (exact) mass is 500 g/mol. The highest BCUT2D eigenvalue weighted by molar-refractivity contribution is 5.97. The van der Waals surface area contributed by atoms with E-state index in [2.05, 4.69) is 4.98 Å². The number of aromatic nitrogens is 5. The van der Waals surface area contributed by atoms with Gasteiger partial charge in [0.25, 0.3) is 5.91 Å². The van der Waals surface area contributed by atoms with Gasteiger partial charge in [0.15, 0.2) is 0 Å². The fourth-order valence-corrected chi connectivity index (χ4v) is 5.18. The molecule has 0 saturated carbocycles. The number of amides is 1. The molecule has 9 nitrogen and oxygen atoms in total. The Labute approximate surface area is 215 Å². The lowest BCUT2D eigenvalue weighted by molar-refractivity contribution is 0.0708. The van der Waals surface area contributed by atoms with Gasteiger partial charge >= 0.3 is 5.69 Å². The Hall–Kier alpha value is -4.01. The topological polar surface area (TPSA) is 95.0 Å². The highest BCUT2D eigenvalue weighted by Crippen LogP contribution is 2.27. The summed E-state index contributed by atoms with van der Waals surface area (Å²) in [4.78, 5) is 45.9. The van der Waals surface area contributed by atoms with E-state index in [0.717, 1.165) is 17.1 Å². The molecular weight excluding hydrogens is 468 g/mol. The van der Waals surface area contributed by atoms with E-state index in [4.69, 9.17) is 5.10 Å². The molecule has 1 amide bonds. The third-order valence-electron chi connectivity index (χ3n) is 7.22. The fourth-order valence-electron chi connectivity index (χ4n) is 5.18. The van der Waals surface area contributed by atoms with Crippen LogP contribution in [0.2, 0.25) is 0 Å². The highest BCUT2D eigenvalue weighted by atomic mass is 16.2. The van der Waals surface area contributed by atoms with Crippen LogP contribution < -0.4 is 11.1 Å². The summed E-state index contributed by atoms with van der Waals surface area (Å²) in [5.41, 5.74) is 2.24. The third kappa shape index (κ3) is 4.61. The van der Waals surface area contributed by atoms with Crippen LogP contribution in [-0.2, 0) is 19.6 Å². The molecule has 0 aliphatic carbocycles. The molecule has 1 aromatic carbocycles. The van der Waals surface area contributed by atoms with Crippen molar-refractivity contribution in [2.24, 2.45) is 0 Å². The number of carbonyl (C=O) groups excluding carboxylic acids is 1. The lowest BCUT2D eigenvalue weighted by Gasteiger charge is -2.31. The number of carbonyl (C=O) groups is 1. The number of hydrogen-bond donors (Lipinski definition) is 0. The van der Waals surface area contributed by atoms with Gasteiger partial charge in [-0.05, 0) is 51.3 Å². The minimum atomic E-state index is -0.279. The van der Waals surface area contributed by atoms with Crippen molar-refractivity contribution in [3.8, 4) is 0 Å². The molecule has 0 radical (unpaired) electrons. The second-order valence-corrected chi connectivity index (χ2v) is 9.58. The van der Waals surface area contributed by atoms with E-state index in [9.17, 15) is 14.4 Å². The summed E-state index contributed by atoms with van der Waals surface area (Å²) in [6.07, 6.45) is 3.01. The normalized spacial score (nSPS) is 14.4. The second-order valence-electron chi connectivity index (χ2n) is 9.58. The summed E-state index contributed by atoms with van der Waals surface area (Å²) < 4.78 is 5.14. The first-order valence-corrected chi connectivity index (χ1v) is 12.9. The number of benzene rings is 1. The van der Waals surface area contributed by atoms with Crippen LogP contribution in [0.3, 0.4) is 0 Å². The molecule has 0 spiro atoms. The van der Waals surface area contributed by atoms with Crippen molar-refractivity contribution < 1.29 is 4.79 Å². The van der Waals surface area contributed by atoms with E-state index in [1.807, 2.05) is 55.7 Å². The molecule has 1 saturated heterocycles. The van der Waals surface area contributed by atoms with Crippen LogP contribution in [0.5, 0.6) is 0 Å². The molecule has 3 aromatic heterocycles. The molecule has 5 rings (SSSR count). The molecule has 0 N–H and O–H groups in total. The van der Waals surface area contributed by atoms with Gasteiger partial charge < -0.3 is 9.47 Å². The minimum Gasteiger partial charge on any atom is -0.338 e. The Bertz CT molecular complexity index is 1560. The van der Waals surface area contributed by atoms with Crippen LogP contribution in [0, 0.1) is 6.92 Å². The molecule has 9 heteroatoms. The maximum Gasteiger partial charge on any atom is 0.346 e. The van der Waals surface area contributed by atoms with Crippen LogP contribution in [0.25, 0.3) is 11.0 Å². The van der Waals surface area contributed by atoms with Gasteiger partial charge in [0.2, 0.25) is 5.43 Å². The molecule has 4 heterocycles. The van der Waals surface area contributed by atoms with Crippen molar-refractivity contribution in [2.45, 2.75) is 59.2 Å². The largest absolute Gasteiger partial charge is 0.346 e. The van der Waals surface area contributed by atoms with E-state index >= 15 is 0 Å². The van der Waals surface area contributed by atoms with Gasteiger partial charge in [-0.3, -0.25) is 14.2 Å². The average molecular weight is 501 g/mol. The number of nitrogens with zero attached hydrogens (tertiary/aromatic N) is 6. The van der Waals surface area contributed by atoms with Gasteiger partial charge in [0.05, 0.1) is 11.9 Å². The number of pyridine rings is 2. The Morgan fingerprint density at radius 1 is 1.00 bits per heavy atom. The predicted octanol–water partition coefficient (Wildman–Crippen LogP) is 3.17. The van der Waals surface area contributed by atoms with E-state index in [1.54, 1.807) is 27.8 Å². The van der Waals surface area contributed by atoms with E-state index in [0.29, 0.717) is 56.6 Å². The van der Waals surface area contributed by atoms with E-state index in [-0.39, 0.29) is 28.5 Å². The molecule has 1 fully saturated rings. The lowest BCUT2D eigenvalue weighted by atomic mass is 9.95. The Balaban J connectivity index is 1.36. The van der Waals surface area contributed by atoms with Crippen LogP contribution in [0.15, 0.2) is 58.3 Å². The first-order chi connectivity index (χ1) is 17.9. The van der Waals surface area contributed by atoms with E-state index < -0.39 is 0 Å². The zero-order chi connectivity index (χ0) is 26.1. The number of fused-ring (bicyclic) bond motifs is 1. The second kappa shape index (κ2) is 10.2. The summed E-state index contributed by atoms with van der Waals surface area (Å²) in [6, 6.07) is 13.4. The standard InChI is InChI=1S/C28H32N6O3/c1-4-31-18-23(24(35)22-12-11-19(3)29-26(22)31)27(36)32-15-13-21(14-16-32)25-30-34(28(37)33(25)5-2)17-20-9-7-6-8-10-20/h6-12,18,21H,4-5,13-17H2,1-3H3. The van der Waals surface area contributed by atoms with Crippen molar-refractivity contribution in [1.82, 2.24) is 28.8 Å². The van der Waals surface area contributed by atoms with Crippen LogP contribution in [-0.4, -0.2) is 47.8 Å². The fraction of sp³-hybridized carbons (Fsp3) is 0.393. The van der Waals surface area contributed by atoms with Crippen molar-refractivity contribution >= 4 is 16.9 Å². The first-order valence-electron chi connectivity index (χ1n) is 12.9. The molecule has 0 bridgehead atoms. The van der Waals surface area contributed by atoms with Crippen molar-refractivity contribution in [3.05, 3.63) is 92.0 Å². The van der Waals surface area contributed by atoms with Crippen LogP contribution in [0.1, 0.15) is 60.0 Å². The number of aryl methyl sites for hydroxylation is 2. The van der Waals surface area contributed by atoms with Crippen molar-refractivity contribution in [3.63, 3.8) is 0 Å². The summed E-state index contributed by atoms with van der Waals surface area (Å²) >= 11 is 0. The number of piperidine rings is 1. The quantitative estimate of drug-likeness (QED) is 0.405. The number of likely N-dealkylation sites (tertiary alicyclic amines) is 1. The molecule has 37 heavy (non-hydrogen) atoms. The molecule has 1 aliphatic rings. The number of rotatable bonds is 6. The molecule has 4 aromatic rings. The summed E-state index contributed by atoms with van der Waals surface area (Å²) in [7, 11) is 0. The van der Waals surface area contributed by atoms with Gasteiger partial charge in [-0.25, -0.2) is 14.5 Å². The van der Waals surface area contributed by atoms with Gasteiger partial charge in [-0.15, -0.1) is 0 Å². The molecular formula is C28H32N6O3. The smallest absolute Gasteiger partial charge is 0.338 e. The van der Waals surface area contributed by atoms with Crippen LogP contribution >= 0.6 is 0 Å². The molecule has 192 valence electrons. The maximum absolute atomic E-state index is 13.4. The number of hydrogen-bond acceptors (Lipinski definition) is 5. The van der Waals surface area contributed by atoms with Crippen LogP contribution in [0.4, 0.5) is 0 Å². The Morgan fingerprint density at radius 2 is 1.73 bits per heavy atom. The maximum atomic E-state index is 13.4. The third-order valence-corrected chi connectivity index (χ3v) is 7.22. The highest BCUT2D eigenvalue weighted by Gasteiger charge is 2.30. The summed E-state index contributed by atoms with van der Waals surface area (Å²) in [5, 5.41) is 5.17. The van der Waals surface area contributed by atoms with Gasteiger partial charge in [0.1, 0.15) is 17.0 Å². The summed E-state index contributed by atoms with van der Waals surface area (Å²) in [5.74, 6) is 0.594. The van der Waals surface area contributed by atoms with Crippen molar-refractivity contribution in [1.29, 1.82) is 0 Å². The Kier molecular flexibility index (Phi) is 6.78. The minimum absolute atomic E-state index is 0.0739. The van der Waals surface area contributed by atoms with Gasteiger partial charge in [0, 0.05) is 44.0 Å². The molecule has 0 atom stereocenters. The zero-order valence-electron chi connectivity index (χ0n) is 21.6.